The summed E-state index contributed by atoms with van der Waals surface area (Å²) in [7, 11) is 0. The van der Waals surface area contributed by atoms with Crippen LogP contribution in [0.3, 0.4) is 0 Å². The standard InChI is InChI=1S/C14H18N4O/c1-2-3-4-13(19)18-6-5-11-10(9-18)7-15-14-12(11)8-16-17-14/h7-8H,2-6,9H2,1H3,(H,15,16,17). The molecule has 1 amide bonds. The number of pyridine rings is 1. The van der Waals surface area contributed by atoms with Gasteiger partial charge in [0.1, 0.15) is 0 Å². The highest BCUT2D eigenvalue weighted by Crippen LogP contribution is 2.25. The van der Waals surface area contributed by atoms with Crippen LogP contribution in [0.15, 0.2) is 12.4 Å². The number of aromatic amines is 1. The van der Waals surface area contributed by atoms with Gasteiger partial charge < -0.3 is 4.90 Å². The summed E-state index contributed by atoms with van der Waals surface area (Å²) in [6.45, 7) is 3.60. The average Bonchev–Trinajstić information content (AvgIpc) is 2.92. The fraction of sp³-hybridized carbons (Fsp3) is 0.500. The Bertz CT molecular complexity index is 605. The van der Waals surface area contributed by atoms with E-state index in [1.165, 1.54) is 5.56 Å². The quantitative estimate of drug-likeness (QED) is 0.916. The highest BCUT2D eigenvalue weighted by Gasteiger charge is 2.22. The van der Waals surface area contributed by atoms with Gasteiger partial charge in [0.2, 0.25) is 5.91 Å². The molecule has 2 aromatic rings. The van der Waals surface area contributed by atoms with Crippen LogP contribution in [0, 0.1) is 0 Å². The molecular weight excluding hydrogens is 240 g/mol. The summed E-state index contributed by atoms with van der Waals surface area (Å²) in [6.07, 6.45) is 7.29. The van der Waals surface area contributed by atoms with E-state index in [-0.39, 0.29) is 5.91 Å². The summed E-state index contributed by atoms with van der Waals surface area (Å²) in [5.41, 5.74) is 3.28. The van der Waals surface area contributed by atoms with Gasteiger partial charge in [-0.15, -0.1) is 0 Å². The van der Waals surface area contributed by atoms with Gasteiger partial charge in [0.25, 0.3) is 0 Å². The molecule has 3 rings (SSSR count). The SMILES string of the molecule is CCCCC(=O)N1CCc2c(cnc3[nH]ncc23)C1. The molecule has 0 fully saturated rings. The number of nitrogens with one attached hydrogen (secondary N) is 1. The first-order valence-electron chi connectivity index (χ1n) is 6.87. The molecule has 100 valence electrons. The van der Waals surface area contributed by atoms with Crippen LogP contribution in [-0.4, -0.2) is 32.5 Å². The van der Waals surface area contributed by atoms with Crippen LogP contribution in [0.4, 0.5) is 0 Å². The predicted octanol–water partition coefficient (Wildman–Crippen LogP) is 2.03. The number of carbonyl (C=O) groups excluding carboxylic acids is 1. The van der Waals surface area contributed by atoms with Crippen molar-refractivity contribution < 1.29 is 4.79 Å². The minimum Gasteiger partial charge on any atom is -0.338 e. The van der Waals surface area contributed by atoms with Crippen molar-refractivity contribution in [2.24, 2.45) is 0 Å². The van der Waals surface area contributed by atoms with Crippen molar-refractivity contribution in [3.05, 3.63) is 23.5 Å². The van der Waals surface area contributed by atoms with E-state index in [2.05, 4.69) is 22.1 Å². The molecule has 2 aromatic heterocycles. The molecule has 0 saturated heterocycles. The number of hydrogen-bond acceptors (Lipinski definition) is 3. The second-order valence-electron chi connectivity index (χ2n) is 5.06. The topological polar surface area (TPSA) is 61.9 Å². The van der Waals surface area contributed by atoms with Gasteiger partial charge >= 0.3 is 0 Å². The molecule has 0 spiro atoms. The number of nitrogens with zero attached hydrogens (tertiary/aromatic N) is 3. The Labute approximate surface area is 112 Å². The zero-order valence-electron chi connectivity index (χ0n) is 11.1. The molecule has 0 radical (unpaired) electrons. The van der Waals surface area contributed by atoms with Crippen molar-refractivity contribution in [3.63, 3.8) is 0 Å². The van der Waals surface area contributed by atoms with E-state index in [0.29, 0.717) is 13.0 Å². The Balaban J connectivity index is 1.82. The zero-order chi connectivity index (χ0) is 13.2. The van der Waals surface area contributed by atoms with Gasteiger partial charge in [0.15, 0.2) is 5.65 Å². The third-order valence-electron chi connectivity index (χ3n) is 3.77. The molecule has 0 unspecified atom stereocenters. The number of hydrogen-bond donors (Lipinski definition) is 1. The Hall–Kier alpha value is -1.91. The summed E-state index contributed by atoms with van der Waals surface area (Å²) in [6, 6.07) is 0. The second-order valence-corrected chi connectivity index (χ2v) is 5.06. The molecule has 0 aromatic carbocycles. The largest absolute Gasteiger partial charge is 0.338 e. The van der Waals surface area contributed by atoms with Gasteiger partial charge in [-0.05, 0) is 24.0 Å². The molecular formula is C14H18N4O. The van der Waals surface area contributed by atoms with E-state index >= 15 is 0 Å². The van der Waals surface area contributed by atoms with Gasteiger partial charge in [-0.1, -0.05) is 13.3 Å². The Kier molecular flexibility index (Phi) is 3.19. The van der Waals surface area contributed by atoms with E-state index in [4.69, 9.17) is 0 Å². The molecule has 1 aliphatic heterocycles. The minimum absolute atomic E-state index is 0.264. The molecule has 0 atom stereocenters. The Morgan fingerprint density at radius 3 is 3.21 bits per heavy atom. The van der Waals surface area contributed by atoms with E-state index in [0.717, 1.165) is 42.4 Å². The Morgan fingerprint density at radius 2 is 2.37 bits per heavy atom. The van der Waals surface area contributed by atoms with Crippen LogP contribution >= 0.6 is 0 Å². The molecule has 1 aliphatic rings. The first kappa shape index (κ1) is 12.1. The summed E-state index contributed by atoms with van der Waals surface area (Å²) in [5, 5.41) is 8.02. The fourth-order valence-electron chi connectivity index (χ4n) is 2.65. The van der Waals surface area contributed by atoms with Gasteiger partial charge in [0.05, 0.1) is 6.20 Å². The van der Waals surface area contributed by atoms with Gasteiger partial charge in [-0.25, -0.2) is 4.98 Å². The molecule has 19 heavy (non-hydrogen) atoms. The number of H-pyrrole nitrogens is 1. The van der Waals surface area contributed by atoms with Crippen LogP contribution in [-0.2, 0) is 17.8 Å². The van der Waals surface area contributed by atoms with Crippen molar-refractivity contribution >= 4 is 16.9 Å². The third-order valence-corrected chi connectivity index (χ3v) is 3.77. The van der Waals surface area contributed by atoms with E-state index in [1.54, 1.807) is 0 Å². The van der Waals surface area contributed by atoms with Gasteiger partial charge in [0, 0.05) is 31.1 Å². The molecule has 0 saturated carbocycles. The third kappa shape index (κ3) is 2.20. The number of aromatic nitrogens is 3. The Morgan fingerprint density at radius 1 is 1.47 bits per heavy atom. The van der Waals surface area contributed by atoms with E-state index in [9.17, 15) is 4.79 Å². The van der Waals surface area contributed by atoms with Crippen molar-refractivity contribution in [1.29, 1.82) is 0 Å². The highest BCUT2D eigenvalue weighted by molar-refractivity contribution is 5.81. The predicted molar refractivity (Wildman–Crippen MR) is 72.5 cm³/mol. The lowest BCUT2D eigenvalue weighted by Gasteiger charge is -2.29. The summed E-state index contributed by atoms with van der Waals surface area (Å²) < 4.78 is 0. The van der Waals surface area contributed by atoms with Crippen LogP contribution in [0.1, 0.15) is 37.3 Å². The maximum absolute atomic E-state index is 12.1. The van der Waals surface area contributed by atoms with E-state index < -0.39 is 0 Å². The lowest BCUT2D eigenvalue weighted by Crippen LogP contribution is -2.35. The second kappa shape index (κ2) is 4.99. The number of fused-ring (bicyclic) bond motifs is 3. The van der Waals surface area contributed by atoms with Crippen molar-refractivity contribution in [1.82, 2.24) is 20.1 Å². The fourth-order valence-corrected chi connectivity index (χ4v) is 2.65. The highest BCUT2D eigenvalue weighted by atomic mass is 16.2. The van der Waals surface area contributed by atoms with Crippen molar-refractivity contribution in [3.8, 4) is 0 Å². The van der Waals surface area contributed by atoms with E-state index in [1.807, 2.05) is 17.3 Å². The number of carbonyl (C=O) groups is 1. The molecule has 1 N–H and O–H groups in total. The lowest BCUT2D eigenvalue weighted by atomic mass is 9.99. The van der Waals surface area contributed by atoms with Gasteiger partial charge in [-0.2, -0.15) is 5.10 Å². The summed E-state index contributed by atoms with van der Waals surface area (Å²) >= 11 is 0. The molecule has 5 nitrogen and oxygen atoms in total. The first-order valence-corrected chi connectivity index (χ1v) is 6.87. The maximum Gasteiger partial charge on any atom is 0.222 e. The van der Waals surface area contributed by atoms with Crippen LogP contribution in [0.2, 0.25) is 0 Å². The molecule has 0 aliphatic carbocycles. The van der Waals surface area contributed by atoms with Crippen molar-refractivity contribution in [2.75, 3.05) is 6.54 Å². The monoisotopic (exact) mass is 258 g/mol. The first-order chi connectivity index (χ1) is 9.29. The minimum atomic E-state index is 0.264. The van der Waals surface area contributed by atoms with Gasteiger partial charge in [-0.3, -0.25) is 9.89 Å². The number of amides is 1. The van der Waals surface area contributed by atoms with Crippen molar-refractivity contribution in [2.45, 2.75) is 39.2 Å². The summed E-state index contributed by atoms with van der Waals surface area (Å²) in [4.78, 5) is 18.4. The molecule has 0 bridgehead atoms. The normalized spacial score (nSPS) is 14.7. The maximum atomic E-state index is 12.1. The zero-order valence-corrected chi connectivity index (χ0v) is 11.1. The number of unbranched alkanes of at least 4 members (excludes halogenated alkanes) is 1. The summed E-state index contributed by atoms with van der Waals surface area (Å²) in [5.74, 6) is 0.264. The average molecular weight is 258 g/mol. The van der Waals surface area contributed by atoms with Crippen LogP contribution < -0.4 is 0 Å². The van der Waals surface area contributed by atoms with Crippen LogP contribution in [0.25, 0.3) is 11.0 Å². The molecule has 3 heterocycles. The smallest absolute Gasteiger partial charge is 0.222 e. The lowest BCUT2D eigenvalue weighted by molar-refractivity contribution is -0.132. The number of rotatable bonds is 3. The van der Waals surface area contributed by atoms with Crippen LogP contribution in [0.5, 0.6) is 0 Å². The molecule has 5 heteroatoms.